The van der Waals surface area contributed by atoms with Crippen LogP contribution in [0.4, 0.5) is 0 Å². The lowest BCUT2D eigenvalue weighted by atomic mass is 10.4. The highest BCUT2D eigenvalue weighted by Crippen LogP contribution is 1.84. The van der Waals surface area contributed by atoms with Gasteiger partial charge in [0.1, 0.15) is 6.61 Å². The lowest BCUT2D eigenvalue weighted by molar-refractivity contribution is -0.153. The topological polar surface area (TPSA) is 69.4 Å². The molecule has 0 saturated heterocycles. The first kappa shape index (κ1) is 8.39. The molecule has 0 aliphatic carbocycles. The fourth-order valence-electron chi connectivity index (χ4n) is 0.271. The van der Waals surface area contributed by atoms with E-state index >= 15 is 0 Å². The van der Waals surface area contributed by atoms with Crippen molar-refractivity contribution in [1.82, 2.24) is 0 Å². The van der Waals surface area contributed by atoms with E-state index in [-0.39, 0.29) is 13.2 Å². The van der Waals surface area contributed by atoms with Crippen LogP contribution in [0, 0.1) is 0 Å². The van der Waals surface area contributed by atoms with E-state index in [1.54, 1.807) is 0 Å². The Morgan fingerprint density at radius 2 is 2.44 bits per heavy atom. The molecular weight excluding hydrogens is 124 g/mol. The number of carbonyl (C=O) groups excluding carboxylic acids is 1. The zero-order valence-electron chi connectivity index (χ0n) is 5.26. The summed E-state index contributed by atoms with van der Waals surface area (Å²) in [5, 5.41) is 15.0. The Morgan fingerprint density at radius 1 is 1.89 bits per heavy atom. The summed E-state index contributed by atoms with van der Waals surface area (Å²) < 4.78 is 4.38. The summed E-state index contributed by atoms with van der Waals surface area (Å²) in [7, 11) is 0. The minimum atomic E-state index is -0.850. The van der Waals surface area contributed by atoms with Gasteiger partial charge in [-0.1, -0.05) is 0 Å². The van der Waals surface area contributed by atoms with Crippen molar-refractivity contribution in [2.75, 3.05) is 13.2 Å². The number of rotatable bonds is 3. The van der Waals surface area contributed by atoms with Gasteiger partial charge >= 0.3 is 5.97 Å². The molecule has 0 amide bonds. The largest absolute Gasteiger partial charge is 0.457 e. The van der Waals surface area contributed by atoms with Crippen molar-refractivity contribution in [3.05, 3.63) is 0 Å². The summed E-state index contributed by atoms with van der Waals surface area (Å²) in [6.45, 7) is 1.22. The van der Waals surface area contributed by atoms with E-state index < -0.39 is 12.1 Å². The molecule has 0 aromatic heterocycles. The Kier molecular flexibility index (Phi) is 4.00. The summed E-state index contributed by atoms with van der Waals surface area (Å²) in [4.78, 5) is 10.4. The van der Waals surface area contributed by atoms with Crippen molar-refractivity contribution in [3.63, 3.8) is 0 Å². The van der Waals surface area contributed by atoms with Gasteiger partial charge in [0, 0.05) is 6.92 Å². The third-order valence-electron chi connectivity index (χ3n) is 0.689. The van der Waals surface area contributed by atoms with Crippen molar-refractivity contribution in [3.8, 4) is 0 Å². The van der Waals surface area contributed by atoms with Crippen LogP contribution in [0.5, 0.6) is 0 Å². The van der Waals surface area contributed by atoms with Crippen LogP contribution in [0.2, 0.25) is 0 Å². The van der Waals surface area contributed by atoms with Gasteiger partial charge in [-0.05, 0) is 0 Å². The van der Waals surface area contributed by atoms with Gasteiger partial charge in [0.15, 0.2) is 0 Å². The summed E-state index contributed by atoms with van der Waals surface area (Å²) in [5.74, 6) is -0.593. The van der Waals surface area contributed by atoms with Crippen LogP contribution in [-0.4, -0.2) is 35.5 Å². The molecule has 0 spiro atoms. The Labute approximate surface area is 53.1 Å². The summed E-state index contributed by atoms with van der Waals surface area (Å²) in [6, 6.07) is 0. The van der Waals surface area contributed by atoms with E-state index in [2.05, 4.69) is 4.74 Å². The maximum Gasteiger partial charge on any atom is 0.386 e. The van der Waals surface area contributed by atoms with Crippen LogP contribution < -0.4 is 0 Å². The van der Waals surface area contributed by atoms with Gasteiger partial charge in [-0.3, -0.25) is 0 Å². The number of hydrogen-bond acceptors (Lipinski definition) is 3. The average Bonchev–Trinajstić information content (AvgIpc) is 1.82. The predicted octanol–water partition coefficient (Wildman–Crippen LogP) is -1.37. The van der Waals surface area contributed by atoms with Crippen molar-refractivity contribution in [2.45, 2.75) is 13.0 Å². The molecule has 0 aliphatic heterocycles. The fraction of sp³-hybridized carbons (Fsp3) is 0.800. The standard InChI is InChI=1S/C5H10O4/c1-4(7)5(8)9-3-2-6/h4,6-7H,2-3H2,1H3/p+1. The molecule has 1 unspecified atom stereocenters. The van der Waals surface area contributed by atoms with Crippen LogP contribution in [-0.2, 0) is 9.53 Å². The molecule has 4 heteroatoms. The molecule has 0 aromatic carbocycles. The minimum Gasteiger partial charge on any atom is -0.457 e. The number of aliphatic hydroxyl groups excluding tert-OH is 1. The Hall–Kier alpha value is -0.610. The third kappa shape index (κ3) is 3.93. The molecule has 54 valence electrons. The van der Waals surface area contributed by atoms with E-state index in [1.165, 1.54) is 6.92 Å². The van der Waals surface area contributed by atoms with Crippen LogP contribution >= 0.6 is 0 Å². The summed E-state index contributed by atoms with van der Waals surface area (Å²) in [5.41, 5.74) is 0. The molecule has 1 atom stereocenters. The van der Waals surface area contributed by atoms with Crippen molar-refractivity contribution < 1.29 is 19.7 Å². The molecule has 0 fully saturated rings. The Bertz CT molecular complexity index is 89.0. The van der Waals surface area contributed by atoms with Crippen LogP contribution in [0.15, 0.2) is 0 Å². The monoisotopic (exact) mass is 135 g/mol. The van der Waals surface area contributed by atoms with E-state index in [9.17, 15) is 4.79 Å². The van der Waals surface area contributed by atoms with E-state index in [4.69, 9.17) is 10.2 Å². The number of esters is 1. The zero-order valence-corrected chi connectivity index (χ0v) is 5.26. The van der Waals surface area contributed by atoms with Crippen molar-refractivity contribution >= 4 is 5.97 Å². The third-order valence-corrected chi connectivity index (χ3v) is 0.689. The van der Waals surface area contributed by atoms with Gasteiger partial charge in [-0.25, -0.2) is 4.79 Å². The fourth-order valence-corrected chi connectivity index (χ4v) is 0.271. The smallest absolute Gasteiger partial charge is 0.386 e. The number of carbonyl (C=O) groups is 1. The summed E-state index contributed by atoms with van der Waals surface area (Å²) in [6.07, 6.45) is -0.850. The molecule has 0 radical (unpaired) electrons. The molecule has 9 heavy (non-hydrogen) atoms. The van der Waals surface area contributed by atoms with Crippen LogP contribution in [0.25, 0.3) is 0 Å². The molecule has 0 aromatic rings. The highest BCUT2D eigenvalue weighted by atomic mass is 16.6. The number of ether oxygens (including phenoxy) is 1. The number of hydrogen-bond donors (Lipinski definition) is 1. The van der Waals surface area contributed by atoms with Crippen LogP contribution in [0.1, 0.15) is 6.92 Å². The summed E-state index contributed by atoms with van der Waals surface area (Å²) >= 11 is 0. The second kappa shape index (κ2) is 4.29. The van der Waals surface area contributed by atoms with E-state index in [0.717, 1.165) is 0 Å². The molecular formula is C5H11O4+. The molecule has 4 nitrogen and oxygen atoms in total. The zero-order chi connectivity index (χ0) is 7.28. The van der Waals surface area contributed by atoms with Gasteiger partial charge in [0.05, 0.1) is 6.61 Å². The maximum absolute atomic E-state index is 10.4. The second-order valence-electron chi connectivity index (χ2n) is 1.61. The average molecular weight is 135 g/mol. The molecule has 0 saturated carbocycles. The molecule has 3 N–H and O–H groups in total. The van der Waals surface area contributed by atoms with Gasteiger partial charge < -0.3 is 14.9 Å². The quantitative estimate of drug-likeness (QED) is 0.383. The second-order valence-corrected chi connectivity index (χ2v) is 1.61. The molecule has 0 aliphatic rings. The maximum atomic E-state index is 10.4. The Morgan fingerprint density at radius 3 is 2.78 bits per heavy atom. The first-order valence-electron chi connectivity index (χ1n) is 2.67. The molecule has 0 heterocycles. The van der Waals surface area contributed by atoms with Crippen molar-refractivity contribution in [1.29, 1.82) is 0 Å². The van der Waals surface area contributed by atoms with Crippen molar-refractivity contribution in [2.24, 2.45) is 0 Å². The SMILES string of the molecule is CC([OH2+])C(=O)OCCO. The van der Waals surface area contributed by atoms with Gasteiger partial charge in [-0.2, -0.15) is 0 Å². The lowest BCUT2D eigenvalue weighted by Gasteiger charge is -2.00. The minimum absolute atomic E-state index is 0.0119. The highest BCUT2D eigenvalue weighted by molar-refractivity contribution is 5.73. The highest BCUT2D eigenvalue weighted by Gasteiger charge is 2.13. The van der Waals surface area contributed by atoms with E-state index in [1.807, 2.05) is 0 Å². The van der Waals surface area contributed by atoms with Gasteiger partial charge in [0.2, 0.25) is 6.10 Å². The predicted molar refractivity (Wildman–Crippen MR) is 31.1 cm³/mol. The first-order chi connectivity index (χ1) is 4.18. The normalized spacial score (nSPS) is 12.8. The van der Waals surface area contributed by atoms with E-state index in [0.29, 0.717) is 0 Å². The molecule has 0 bridgehead atoms. The van der Waals surface area contributed by atoms with Crippen LogP contribution in [0.3, 0.4) is 0 Å². The lowest BCUT2D eigenvalue weighted by Crippen LogP contribution is -2.20. The Balaban J connectivity index is 3.28. The number of aliphatic hydroxyl groups is 1. The first-order valence-corrected chi connectivity index (χ1v) is 2.67. The van der Waals surface area contributed by atoms with Gasteiger partial charge in [0.25, 0.3) is 0 Å². The van der Waals surface area contributed by atoms with Gasteiger partial charge in [-0.15, -0.1) is 0 Å². The molecule has 0 rings (SSSR count).